The normalized spacial score (nSPS) is 16.9. The quantitative estimate of drug-likeness (QED) is 0.869. The molecule has 116 valence electrons. The third kappa shape index (κ3) is 3.84. The van der Waals surface area contributed by atoms with Crippen LogP contribution in [-0.2, 0) is 4.79 Å². The minimum atomic E-state index is -1.00. The standard InChI is InChI=1S/C13H20N4O3S/c1-9(2)10(11(18)19)15-12(20)16-4-6-17(7-5-16)13-14-3-8-21-13/h3,8-10H,4-7H2,1-2H3,(H,15,20)(H,18,19)/t10-/m1/s1. The second kappa shape index (κ2) is 6.75. The Balaban J connectivity index is 1.87. The number of piperazine rings is 1. The van der Waals surface area contributed by atoms with Crippen LogP contribution in [0.2, 0.25) is 0 Å². The zero-order valence-corrected chi connectivity index (χ0v) is 13.0. The van der Waals surface area contributed by atoms with Gasteiger partial charge in [-0.05, 0) is 5.92 Å². The fourth-order valence-corrected chi connectivity index (χ4v) is 2.91. The molecule has 2 rings (SSSR count). The van der Waals surface area contributed by atoms with E-state index in [4.69, 9.17) is 5.11 Å². The lowest BCUT2D eigenvalue weighted by atomic mass is 10.1. The number of rotatable bonds is 4. The predicted molar refractivity (Wildman–Crippen MR) is 80.7 cm³/mol. The lowest BCUT2D eigenvalue weighted by molar-refractivity contribution is -0.140. The van der Waals surface area contributed by atoms with E-state index in [9.17, 15) is 9.59 Å². The topological polar surface area (TPSA) is 85.8 Å². The van der Waals surface area contributed by atoms with Gasteiger partial charge in [0.1, 0.15) is 6.04 Å². The van der Waals surface area contributed by atoms with E-state index in [1.807, 2.05) is 5.38 Å². The predicted octanol–water partition coefficient (Wildman–Crippen LogP) is 1.08. The number of aromatic nitrogens is 1. The van der Waals surface area contributed by atoms with Gasteiger partial charge in [0.15, 0.2) is 5.13 Å². The van der Waals surface area contributed by atoms with Crippen molar-refractivity contribution in [1.82, 2.24) is 15.2 Å². The summed E-state index contributed by atoms with van der Waals surface area (Å²) in [6.45, 7) is 6.10. The summed E-state index contributed by atoms with van der Waals surface area (Å²) in [5, 5.41) is 14.6. The lowest BCUT2D eigenvalue weighted by Crippen LogP contribution is -2.55. The molecule has 1 aromatic rings. The molecule has 1 aliphatic rings. The molecule has 1 aromatic heterocycles. The number of carbonyl (C=O) groups excluding carboxylic acids is 1. The highest BCUT2D eigenvalue weighted by atomic mass is 32.1. The second-order valence-electron chi connectivity index (χ2n) is 5.30. The van der Waals surface area contributed by atoms with Crippen LogP contribution in [0.4, 0.5) is 9.93 Å². The van der Waals surface area contributed by atoms with Gasteiger partial charge in [0.2, 0.25) is 0 Å². The first-order chi connectivity index (χ1) is 9.99. The summed E-state index contributed by atoms with van der Waals surface area (Å²) in [6.07, 6.45) is 1.76. The minimum absolute atomic E-state index is 0.150. The number of carboxylic acid groups (broad SMARTS) is 1. The van der Waals surface area contributed by atoms with Crippen LogP contribution in [0.1, 0.15) is 13.8 Å². The summed E-state index contributed by atoms with van der Waals surface area (Å²) >= 11 is 1.58. The largest absolute Gasteiger partial charge is 0.480 e. The number of thiazole rings is 1. The van der Waals surface area contributed by atoms with Gasteiger partial charge in [-0.1, -0.05) is 13.8 Å². The molecule has 0 aromatic carbocycles. The molecule has 2 amide bonds. The zero-order chi connectivity index (χ0) is 15.4. The first kappa shape index (κ1) is 15.6. The number of hydrogen-bond donors (Lipinski definition) is 2. The summed E-state index contributed by atoms with van der Waals surface area (Å²) in [4.78, 5) is 31.3. The van der Waals surface area contributed by atoms with Gasteiger partial charge >= 0.3 is 12.0 Å². The van der Waals surface area contributed by atoms with E-state index < -0.39 is 12.0 Å². The van der Waals surface area contributed by atoms with Crippen molar-refractivity contribution in [3.63, 3.8) is 0 Å². The Bertz CT molecular complexity index is 484. The van der Waals surface area contributed by atoms with Crippen LogP contribution in [0.3, 0.4) is 0 Å². The molecule has 0 bridgehead atoms. The molecule has 1 atom stereocenters. The first-order valence-electron chi connectivity index (χ1n) is 6.91. The van der Waals surface area contributed by atoms with Gasteiger partial charge in [0, 0.05) is 37.8 Å². The molecule has 1 saturated heterocycles. The molecule has 2 N–H and O–H groups in total. The molecule has 8 heteroatoms. The van der Waals surface area contributed by atoms with E-state index in [1.165, 1.54) is 0 Å². The van der Waals surface area contributed by atoms with Gasteiger partial charge in [-0.25, -0.2) is 14.6 Å². The summed E-state index contributed by atoms with van der Waals surface area (Å²) in [5.41, 5.74) is 0. The fourth-order valence-electron chi connectivity index (χ4n) is 2.21. The number of urea groups is 1. The maximum Gasteiger partial charge on any atom is 0.326 e. The highest BCUT2D eigenvalue weighted by Crippen LogP contribution is 2.18. The number of carboxylic acids is 1. The van der Waals surface area contributed by atoms with Crippen LogP contribution in [0.25, 0.3) is 0 Å². The molecule has 0 spiro atoms. The van der Waals surface area contributed by atoms with E-state index in [2.05, 4.69) is 15.2 Å². The van der Waals surface area contributed by atoms with Crippen molar-refractivity contribution in [2.24, 2.45) is 5.92 Å². The van der Waals surface area contributed by atoms with E-state index in [0.29, 0.717) is 26.2 Å². The SMILES string of the molecule is CC(C)[C@@H](NC(=O)N1CCN(c2nccs2)CC1)C(=O)O. The number of aliphatic carboxylic acids is 1. The van der Waals surface area contributed by atoms with Crippen LogP contribution in [-0.4, -0.2) is 59.2 Å². The summed E-state index contributed by atoms with van der Waals surface area (Å²) in [5.74, 6) is -1.15. The molecule has 1 aliphatic heterocycles. The van der Waals surface area contributed by atoms with E-state index in [0.717, 1.165) is 5.13 Å². The minimum Gasteiger partial charge on any atom is -0.480 e. The van der Waals surface area contributed by atoms with Crippen LogP contribution >= 0.6 is 11.3 Å². The Hall–Kier alpha value is -1.83. The Kier molecular flexibility index (Phi) is 5.00. The smallest absolute Gasteiger partial charge is 0.326 e. The van der Waals surface area contributed by atoms with Crippen molar-refractivity contribution in [3.8, 4) is 0 Å². The van der Waals surface area contributed by atoms with Gasteiger partial charge in [0.05, 0.1) is 0 Å². The second-order valence-corrected chi connectivity index (χ2v) is 6.17. The monoisotopic (exact) mass is 312 g/mol. The molecule has 2 heterocycles. The molecular weight excluding hydrogens is 292 g/mol. The number of nitrogens with one attached hydrogen (secondary N) is 1. The maximum atomic E-state index is 12.1. The molecule has 0 saturated carbocycles. The van der Waals surface area contributed by atoms with Crippen LogP contribution in [0.5, 0.6) is 0 Å². The Labute approximate surface area is 127 Å². The van der Waals surface area contributed by atoms with Gasteiger partial charge < -0.3 is 20.2 Å². The number of nitrogens with zero attached hydrogens (tertiary/aromatic N) is 3. The number of hydrogen-bond acceptors (Lipinski definition) is 5. The molecule has 0 unspecified atom stereocenters. The highest BCUT2D eigenvalue weighted by molar-refractivity contribution is 7.13. The number of amides is 2. The van der Waals surface area contributed by atoms with E-state index in [1.54, 1.807) is 36.3 Å². The van der Waals surface area contributed by atoms with Crippen molar-refractivity contribution < 1.29 is 14.7 Å². The lowest BCUT2D eigenvalue weighted by Gasteiger charge is -2.35. The van der Waals surface area contributed by atoms with Crippen molar-refractivity contribution in [2.75, 3.05) is 31.1 Å². The van der Waals surface area contributed by atoms with Crippen molar-refractivity contribution >= 4 is 28.5 Å². The number of anilines is 1. The average molecular weight is 312 g/mol. The van der Waals surface area contributed by atoms with Crippen molar-refractivity contribution in [1.29, 1.82) is 0 Å². The third-order valence-electron chi connectivity index (χ3n) is 3.47. The summed E-state index contributed by atoms with van der Waals surface area (Å²) in [6, 6.07) is -1.16. The van der Waals surface area contributed by atoms with E-state index in [-0.39, 0.29) is 11.9 Å². The first-order valence-corrected chi connectivity index (χ1v) is 7.79. The Morgan fingerprint density at radius 3 is 2.48 bits per heavy atom. The van der Waals surface area contributed by atoms with Gasteiger partial charge in [-0.3, -0.25) is 0 Å². The van der Waals surface area contributed by atoms with Gasteiger partial charge in [-0.2, -0.15) is 0 Å². The summed E-state index contributed by atoms with van der Waals surface area (Å²) in [7, 11) is 0. The fraction of sp³-hybridized carbons (Fsp3) is 0.615. The highest BCUT2D eigenvalue weighted by Gasteiger charge is 2.28. The van der Waals surface area contributed by atoms with Crippen LogP contribution < -0.4 is 10.2 Å². The molecular formula is C13H20N4O3S. The van der Waals surface area contributed by atoms with Crippen LogP contribution in [0.15, 0.2) is 11.6 Å². The number of carbonyl (C=O) groups is 2. The Morgan fingerprint density at radius 1 is 1.33 bits per heavy atom. The van der Waals surface area contributed by atoms with Crippen molar-refractivity contribution in [3.05, 3.63) is 11.6 Å². The van der Waals surface area contributed by atoms with Gasteiger partial charge in [-0.15, -0.1) is 11.3 Å². The van der Waals surface area contributed by atoms with E-state index >= 15 is 0 Å². The average Bonchev–Trinajstić information content (AvgIpc) is 2.98. The zero-order valence-electron chi connectivity index (χ0n) is 12.2. The van der Waals surface area contributed by atoms with Gasteiger partial charge in [0.25, 0.3) is 0 Å². The summed E-state index contributed by atoms with van der Waals surface area (Å²) < 4.78 is 0. The third-order valence-corrected chi connectivity index (χ3v) is 4.30. The maximum absolute atomic E-state index is 12.1. The molecule has 0 aliphatic carbocycles. The molecule has 7 nitrogen and oxygen atoms in total. The molecule has 1 fully saturated rings. The molecule has 21 heavy (non-hydrogen) atoms. The van der Waals surface area contributed by atoms with Crippen molar-refractivity contribution in [2.45, 2.75) is 19.9 Å². The Morgan fingerprint density at radius 2 is 2.00 bits per heavy atom. The molecule has 0 radical (unpaired) electrons. The van der Waals surface area contributed by atoms with Crippen LogP contribution in [0, 0.1) is 5.92 Å².